The average molecular weight is 421 g/mol. The number of nitrogens with zero attached hydrogens (tertiary/aromatic N) is 2. The zero-order chi connectivity index (χ0) is 19.4. The van der Waals surface area contributed by atoms with Crippen molar-refractivity contribution < 1.29 is 9.53 Å². The Morgan fingerprint density at radius 3 is 2.59 bits per heavy atom. The fraction of sp³-hybridized carbons (Fsp3) is 0.136. The molecule has 0 spiro atoms. The molecular formula is C22H18N2O2Se. The molecule has 27 heavy (non-hydrogen) atoms. The summed E-state index contributed by atoms with van der Waals surface area (Å²) in [6.07, 6.45) is 1.79. The number of rotatable bonds is 5. The van der Waals surface area contributed by atoms with E-state index < -0.39 is 0 Å². The minimum absolute atomic E-state index is 0.219. The van der Waals surface area contributed by atoms with Gasteiger partial charge in [0.15, 0.2) is 0 Å². The van der Waals surface area contributed by atoms with E-state index in [4.69, 9.17) is 11.3 Å². The van der Waals surface area contributed by atoms with Crippen LogP contribution in [0.2, 0.25) is 0 Å². The van der Waals surface area contributed by atoms with Crippen molar-refractivity contribution in [1.29, 1.82) is 0 Å². The maximum atomic E-state index is 12.1. The molecule has 0 unspecified atom stereocenters. The van der Waals surface area contributed by atoms with Gasteiger partial charge in [0.2, 0.25) is 0 Å². The van der Waals surface area contributed by atoms with E-state index in [-0.39, 0.29) is 20.5 Å². The van der Waals surface area contributed by atoms with Crippen molar-refractivity contribution in [3.8, 4) is 21.3 Å². The molecule has 1 heterocycles. The molecule has 0 aliphatic heterocycles. The fourth-order valence-electron chi connectivity index (χ4n) is 2.71. The van der Waals surface area contributed by atoms with Gasteiger partial charge in [-0.25, -0.2) is 0 Å². The van der Waals surface area contributed by atoms with Crippen LogP contribution in [0.1, 0.15) is 27.4 Å². The summed E-state index contributed by atoms with van der Waals surface area (Å²) >= 11 is -0.219. The molecule has 3 aromatic rings. The van der Waals surface area contributed by atoms with Crippen LogP contribution in [0.25, 0.3) is 32.2 Å². The van der Waals surface area contributed by atoms with E-state index in [0.29, 0.717) is 22.4 Å². The van der Waals surface area contributed by atoms with E-state index in [1.165, 1.54) is 0 Å². The van der Waals surface area contributed by atoms with E-state index in [2.05, 4.69) is 16.4 Å². The summed E-state index contributed by atoms with van der Waals surface area (Å²) in [5.74, 6) is -0.293. The summed E-state index contributed by atoms with van der Waals surface area (Å²) in [7, 11) is 0. The Labute approximate surface area is 164 Å². The number of hydrogen-bond donors (Lipinski definition) is 0. The third-order valence-corrected chi connectivity index (χ3v) is 6.57. The van der Waals surface area contributed by atoms with Crippen molar-refractivity contribution in [3.63, 3.8) is 0 Å². The predicted octanol–water partition coefficient (Wildman–Crippen LogP) is 5.15. The number of carbonyl (C=O) groups is 1. The van der Waals surface area contributed by atoms with Crippen LogP contribution in [0.15, 0.2) is 49.0 Å². The Morgan fingerprint density at radius 1 is 1.26 bits per heavy atom. The zero-order valence-electron chi connectivity index (χ0n) is 15.2. The molecule has 134 valence electrons. The molecule has 0 fully saturated rings. The number of ether oxygens (including phenoxy) is 1. The van der Waals surface area contributed by atoms with Gasteiger partial charge in [-0.2, -0.15) is 0 Å². The summed E-state index contributed by atoms with van der Waals surface area (Å²) in [4.78, 5) is 20.3. The van der Waals surface area contributed by atoms with Crippen molar-refractivity contribution in [2.45, 2.75) is 13.8 Å². The van der Waals surface area contributed by atoms with Gasteiger partial charge in [-0.3, -0.25) is 0 Å². The maximum absolute atomic E-state index is 12.1. The van der Waals surface area contributed by atoms with Crippen LogP contribution < -0.4 is 0 Å². The molecule has 5 heteroatoms. The zero-order valence-corrected chi connectivity index (χ0v) is 16.9. The quantitative estimate of drug-likeness (QED) is 0.325. The Hall–Kier alpha value is -2.93. The van der Waals surface area contributed by atoms with Gasteiger partial charge in [-0.1, -0.05) is 0 Å². The first-order chi connectivity index (χ1) is 13.1. The fourth-order valence-corrected chi connectivity index (χ4v) is 4.71. The molecule has 0 bridgehead atoms. The molecule has 0 N–H and O–H groups in total. The van der Waals surface area contributed by atoms with Gasteiger partial charge < -0.3 is 0 Å². The number of hydrogen-bond acceptors (Lipinski definition) is 3. The standard InChI is InChI=1S/C22H18N2O2Se/c1-5-15-7-9-16(10-8-15)18-12-11-17(13-19(18)23-4)21-24-14(3)20(27-21)22(25)26-6-2/h5,7-13H,1,6H2,2-3H3. The normalized spacial score (nSPS) is 10.3. The molecule has 0 amide bonds. The van der Waals surface area contributed by atoms with Crippen LogP contribution in [0.4, 0.5) is 5.69 Å². The van der Waals surface area contributed by atoms with Gasteiger partial charge in [-0.15, -0.1) is 0 Å². The molecule has 0 saturated carbocycles. The van der Waals surface area contributed by atoms with Crippen molar-refractivity contribution in [1.82, 2.24) is 4.98 Å². The second-order valence-corrected chi connectivity index (χ2v) is 7.92. The van der Waals surface area contributed by atoms with Crippen LogP contribution in [0.5, 0.6) is 0 Å². The second-order valence-electron chi connectivity index (χ2n) is 5.82. The van der Waals surface area contributed by atoms with Gasteiger partial charge in [0, 0.05) is 0 Å². The third-order valence-electron chi connectivity index (χ3n) is 4.08. The number of aromatic nitrogens is 1. The summed E-state index contributed by atoms with van der Waals surface area (Å²) < 4.78 is 6.61. The molecule has 3 rings (SSSR count). The molecule has 2 aromatic carbocycles. The summed E-state index contributed by atoms with van der Waals surface area (Å²) in [5.41, 5.74) is 5.06. The third kappa shape index (κ3) is 3.93. The van der Waals surface area contributed by atoms with Crippen LogP contribution in [-0.4, -0.2) is 32.1 Å². The molecule has 0 aliphatic rings. The van der Waals surface area contributed by atoms with Gasteiger partial charge in [0.1, 0.15) is 0 Å². The summed E-state index contributed by atoms with van der Waals surface area (Å²) in [6, 6.07) is 13.7. The van der Waals surface area contributed by atoms with Gasteiger partial charge in [0.25, 0.3) is 0 Å². The average Bonchev–Trinajstić information content (AvgIpc) is 3.09. The molecule has 0 atom stereocenters. The Morgan fingerprint density at radius 2 is 1.96 bits per heavy atom. The number of benzene rings is 2. The van der Waals surface area contributed by atoms with Gasteiger partial charge in [0.05, 0.1) is 0 Å². The molecule has 0 aliphatic carbocycles. The number of esters is 1. The van der Waals surface area contributed by atoms with E-state index in [1.54, 1.807) is 13.0 Å². The van der Waals surface area contributed by atoms with Gasteiger partial charge >= 0.3 is 165 Å². The molecule has 0 radical (unpaired) electrons. The monoisotopic (exact) mass is 422 g/mol. The van der Waals surface area contributed by atoms with Crippen LogP contribution in [0.3, 0.4) is 0 Å². The van der Waals surface area contributed by atoms with Crippen molar-refractivity contribution in [2.24, 2.45) is 0 Å². The minimum atomic E-state index is -0.293. The van der Waals surface area contributed by atoms with Crippen molar-refractivity contribution >= 4 is 32.2 Å². The van der Waals surface area contributed by atoms with Crippen LogP contribution in [0, 0.1) is 13.5 Å². The van der Waals surface area contributed by atoms with E-state index in [1.807, 2.05) is 49.4 Å². The molecule has 4 nitrogen and oxygen atoms in total. The SMILES string of the molecule is [C-]#[N+]c1cc(-c2nc(C)c(C(=O)OCC)[se]2)ccc1-c1ccc(C=C)cc1. The van der Waals surface area contributed by atoms with Crippen LogP contribution in [-0.2, 0) is 4.74 Å². The van der Waals surface area contributed by atoms with E-state index >= 15 is 0 Å². The topological polar surface area (TPSA) is 43.5 Å². The first kappa shape index (κ1) is 18.8. The predicted molar refractivity (Wildman–Crippen MR) is 109 cm³/mol. The molecular weight excluding hydrogens is 403 g/mol. The summed E-state index contributed by atoms with van der Waals surface area (Å²) in [6.45, 7) is 15.3. The van der Waals surface area contributed by atoms with E-state index in [9.17, 15) is 4.79 Å². The molecule has 1 aromatic heterocycles. The Balaban J connectivity index is 1.99. The second kappa shape index (κ2) is 8.18. The summed E-state index contributed by atoms with van der Waals surface area (Å²) in [5, 5.41) is 0. The Kier molecular flexibility index (Phi) is 5.71. The van der Waals surface area contributed by atoms with Gasteiger partial charge in [-0.05, 0) is 0 Å². The Bertz CT molecular complexity index is 1040. The number of carbonyl (C=O) groups excluding carboxylic acids is 1. The van der Waals surface area contributed by atoms with Crippen molar-refractivity contribution in [2.75, 3.05) is 6.61 Å². The first-order valence-corrected chi connectivity index (χ1v) is 10.2. The van der Waals surface area contributed by atoms with Crippen molar-refractivity contribution in [3.05, 3.63) is 76.2 Å². The molecule has 0 saturated heterocycles. The van der Waals surface area contributed by atoms with E-state index in [0.717, 1.165) is 26.8 Å². The van der Waals surface area contributed by atoms with Crippen LogP contribution >= 0.6 is 0 Å². The first-order valence-electron chi connectivity index (χ1n) is 8.46. The number of aryl methyl sites for hydroxylation is 1.